The highest BCUT2D eigenvalue weighted by molar-refractivity contribution is 7.14. The second-order valence-corrected chi connectivity index (χ2v) is 8.54. The standard InChI is InChI=1S/C20H21N3O2S/c1-11-8-15-9-14(6-7-17(15)23(11)19(25)13-4-5-13)16-10-26-20(21-16)22-18(24)12-2-3-12/h6-7,9-13H,2-5,8H2,1H3,(H,21,22,24). The van der Waals surface area contributed by atoms with Crippen LogP contribution >= 0.6 is 11.3 Å². The van der Waals surface area contributed by atoms with Gasteiger partial charge in [-0.25, -0.2) is 4.98 Å². The van der Waals surface area contributed by atoms with Crippen LogP contribution in [-0.2, 0) is 16.0 Å². The molecular formula is C20H21N3O2S. The number of carbonyl (C=O) groups excluding carboxylic acids is 2. The zero-order valence-corrected chi connectivity index (χ0v) is 15.5. The fraction of sp³-hybridized carbons (Fsp3) is 0.450. The van der Waals surface area contributed by atoms with Crippen LogP contribution in [0.2, 0.25) is 0 Å². The van der Waals surface area contributed by atoms with Crippen molar-refractivity contribution in [2.45, 2.75) is 45.1 Å². The van der Waals surface area contributed by atoms with Crippen molar-refractivity contribution in [2.75, 3.05) is 10.2 Å². The molecular weight excluding hydrogens is 346 g/mol. The van der Waals surface area contributed by atoms with Gasteiger partial charge in [0.1, 0.15) is 0 Å². The number of anilines is 2. The number of benzene rings is 1. The molecule has 0 radical (unpaired) electrons. The summed E-state index contributed by atoms with van der Waals surface area (Å²) in [6.07, 6.45) is 4.93. The van der Waals surface area contributed by atoms with Crippen molar-refractivity contribution in [3.63, 3.8) is 0 Å². The van der Waals surface area contributed by atoms with Crippen LogP contribution in [0.4, 0.5) is 10.8 Å². The highest BCUT2D eigenvalue weighted by Gasteiger charge is 2.39. The van der Waals surface area contributed by atoms with Crippen molar-refractivity contribution in [3.05, 3.63) is 29.1 Å². The maximum absolute atomic E-state index is 12.6. The van der Waals surface area contributed by atoms with Crippen molar-refractivity contribution in [1.82, 2.24) is 4.98 Å². The molecule has 5 rings (SSSR count). The molecule has 2 heterocycles. The van der Waals surface area contributed by atoms with E-state index >= 15 is 0 Å². The van der Waals surface area contributed by atoms with Crippen LogP contribution in [0.25, 0.3) is 11.3 Å². The van der Waals surface area contributed by atoms with E-state index < -0.39 is 0 Å². The van der Waals surface area contributed by atoms with Gasteiger partial charge in [0.25, 0.3) is 0 Å². The first kappa shape index (κ1) is 16.0. The number of amides is 2. The smallest absolute Gasteiger partial charge is 0.230 e. The van der Waals surface area contributed by atoms with Crippen molar-refractivity contribution in [3.8, 4) is 11.3 Å². The Bertz CT molecular complexity index is 898. The number of thiazole rings is 1. The Morgan fingerprint density at radius 3 is 2.69 bits per heavy atom. The van der Waals surface area contributed by atoms with E-state index in [-0.39, 0.29) is 29.7 Å². The zero-order chi connectivity index (χ0) is 17.8. The van der Waals surface area contributed by atoms with Gasteiger partial charge in [-0.2, -0.15) is 0 Å². The quantitative estimate of drug-likeness (QED) is 0.893. The van der Waals surface area contributed by atoms with Gasteiger partial charge in [-0.1, -0.05) is 6.07 Å². The largest absolute Gasteiger partial charge is 0.309 e. The third-order valence-electron chi connectivity index (χ3n) is 5.44. The Morgan fingerprint density at radius 2 is 1.96 bits per heavy atom. The Morgan fingerprint density at radius 1 is 1.19 bits per heavy atom. The lowest BCUT2D eigenvalue weighted by Crippen LogP contribution is -2.36. The van der Waals surface area contributed by atoms with Crippen molar-refractivity contribution >= 4 is 34.0 Å². The summed E-state index contributed by atoms with van der Waals surface area (Å²) < 4.78 is 0. The lowest BCUT2D eigenvalue weighted by Gasteiger charge is -2.22. The van der Waals surface area contributed by atoms with Crippen molar-refractivity contribution < 1.29 is 9.59 Å². The first-order valence-corrected chi connectivity index (χ1v) is 10.2. The Labute approximate surface area is 156 Å². The molecule has 1 aromatic carbocycles. The molecule has 2 fully saturated rings. The number of rotatable bonds is 4. The molecule has 0 saturated heterocycles. The number of hydrogen-bond donors (Lipinski definition) is 1. The summed E-state index contributed by atoms with van der Waals surface area (Å²) in [6.45, 7) is 2.12. The Kier molecular flexibility index (Phi) is 3.64. The third-order valence-corrected chi connectivity index (χ3v) is 6.20. The van der Waals surface area contributed by atoms with E-state index in [4.69, 9.17) is 0 Å². The highest BCUT2D eigenvalue weighted by atomic mass is 32.1. The summed E-state index contributed by atoms with van der Waals surface area (Å²) in [5.74, 6) is 0.781. The molecule has 2 aromatic rings. The molecule has 3 aliphatic rings. The summed E-state index contributed by atoms with van der Waals surface area (Å²) in [6, 6.07) is 6.45. The van der Waals surface area contributed by atoms with Gasteiger partial charge in [0.15, 0.2) is 5.13 Å². The predicted octanol–water partition coefficient (Wildman–Crippen LogP) is 3.85. The number of nitrogens with zero attached hydrogens (tertiary/aromatic N) is 2. The molecule has 0 bridgehead atoms. The SMILES string of the molecule is CC1Cc2cc(-c3csc(NC(=O)C4CC4)n3)ccc2N1C(=O)C1CC1. The summed E-state index contributed by atoms with van der Waals surface area (Å²) in [7, 11) is 0. The molecule has 6 heteroatoms. The van der Waals surface area contributed by atoms with Crippen molar-refractivity contribution in [1.29, 1.82) is 0 Å². The minimum absolute atomic E-state index is 0.0860. The van der Waals surface area contributed by atoms with Gasteiger partial charge >= 0.3 is 0 Å². The molecule has 2 aliphatic carbocycles. The van der Waals surface area contributed by atoms with Crippen LogP contribution in [0.15, 0.2) is 23.6 Å². The molecule has 1 N–H and O–H groups in total. The lowest BCUT2D eigenvalue weighted by atomic mass is 10.1. The fourth-order valence-corrected chi connectivity index (χ4v) is 4.39. The number of carbonyl (C=O) groups is 2. The second-order valence-electron chi connectivity index (χ2n) is 7.68. The zero-order valence-electron chi connectivity index (χ0n) is 14.7. The summed E-state index contributed by atoms with van der Waals surface area (Å²) in [4.78, 5) is 31.0. The van der Waals surface area contributed by atoms with E-state index in [1.807, 2.05) is 16.3 Å². The molecule has 134 valence electrons. The minimum Gasteiger partial charge on any atom is -0.309 e. The van der Waals surface area contributed by atoms with Gasteiger partial charge in [-0.15, -0.1) is 11.3 Å². The van der Waals surface area contributed by atoms with Crippen LogP contribution in [0.3, 0.4) is 0 Å². The Hall–Kier alpha value is -2.21. The number of nitrogens with one attached hydrogen (secondary N) is 1. The molecule has 5 nitrogen and oxygen atoms in total. The first-order valence-electron chi connectivity index (χ1n) is 9.33. The molecule has 0 spiro atoms. The van der Waals surface area contributed by atoms with E-state index in [0.29, 0.717) is 5.13 Å². The van der Waals surface area contributed by atoms with Crippen LogP contribution in [-0.4, -0.2) is 22.8 Å². The first-order chi connectivity index (χ1) is 12.6. The van der Waals surface area contributed by atoms with Crippen LogP contribution in [0.5, 0.6) is 0 Å². The van der Waals surface area contributed by atoms with Gasteiger partial charge in [0.05, 0.1) is 5.69 Å². The van der Waals surface area contributed by atoms with E-state index in [9.17, 15) is 9.59 Å². The monoisotopic (exact) mass is 367 g/mol. The third kappa shape index (κ3) is 2.82. The highest BCUT2D eigenvalue weighted by Crippen LogP contribution is 2.40. The number of hydrogen-bond acceptors (Lipinski definition) is 4. The van der Waals surface area contributed by atoms with Gasteiger partial charge in [-0.3, -0.25) is 9.59 Å². The number of fused-ring (bicyclic) bond motifs is 1. The average Bonchev–Trinajstić information content (AvgIpc) is 3.54. The molecule has 1 unspecified atom stereocenters. The van der Waals surface area contributed by atoms with E-state index in [1.165, 1.54) is 16.9 Å². The molecule has 1 atom stereocenters. The lowest BCUT2D eigenvalue weighted by molar-refractivity contribution is -0.120. The summed E-state index contributed by atoms with van der Waals surface area (Å²) in [5.41, 5.74) is 4.18. The van der Waals surface area contributed by atoms with Crippen LogP contribution in [0, 0.1) is 11.8 Å². The van der Waals surface area contributed by atoms with Crippen LogP contribution < -0.4 is 10.2 Å². The number of aromatic nitrogens is 1. The molecule has 26 heavy (non-hydrogen) atoms. The van der Waals surface area contributed by atoms with Gasteiger partial charge < -0.3 is 10.2 Å². The van der Waals surface area contributed by atoms with Crippen LogP contribution in [0.1, 0.15) is 38.2 Å². The normalized spacial score (nSPS) is 21.6. The molecule has 1 aliphatic heterocycles. The maximum Gasteiger partial charge on any atom is 0.230 e. The van der Waals surface area contributed by atoms with Crippen molar-refractivity contribution in [2.24, 2.45) is 11.8 Å². The molecule has 1 aromatic heterocycles. The Balaban J connectivity index is 1.38. The van der Waals surface area contributed by atoms with Gasteiger partial charge in [0, 0.05) is 34.5 Å². The fourth-order valence-electron chi connectivity index (χ4n) is 3.67. The van der Waals surface area contributed by atoms with Gasteiger partial charge in [-0.05, 0) is 56.7 Å². The van der Waals surface area contributed by atoms with Gasteiger partial charge in [0.2, 0.25) is 11.8 Å². The maximum atomic E-state index is 12.6. The van der Waals surface area contributed by atoms with E-state index in [0.717, 1.165) is 49.0 Å². The topological polar surface area (TPSA) is 62.3 Å². The molecule has 2 saturated carbocycles. The van der Waals surface area contributed by atoms with E-state index in [2.05, 4.69) is 29.4 Å². The average molecular weight is 367 g/mol. The summed E-state index contributed by atoms with van der Waals surface area (Å²) in [5, 5.41) is 5.56. The second kappa shape index (κ2) is 5.91. The predicted molar refractivity (Wildman–Crippen MR) is 102 cm³/mol. The minimum atomic E-state index is 0.0860. The molecule has 2 amide bonds. The summed E-state index contributed by atoms with van der Waals surface area (Å²) >= 11 is 1.46. The van der Waals surface area contributed by atoms with E-state index in [1.54, 1.807) is 0 Å².